The molecular formula is C21H23NO4. The number of Topliss-reactive ketones (excluding diaryl/α,β-unsaturated/α-hetero) is 2. The standard InChI is InChI=1S/C21H23NO4/c1-4-22(5-2)21(25)18-9-7-6-8-17(18)20(24)14-19(23)15-10-12-16(26-3)13-11-15/h6-13H,4-5,14H2,1-3H3. The SMILES string of the molecule is CCN(CC)C(=O)c1ccccc1C(=O)CC(=O)c1ccc(OC)cc1. The van der Waals surface area contributed by atoms with Crippen LogP contribution >= 0.6 is 0 Å². The van der Waals surface area contributed by atoms with E-state index in [0.717, 1.165) is 0 Å². The van der Waals surface area contributed by atoms with Crippen LogP contribution < -0.4 is 4.74 Å². The lowest BCUT2D eigenvalue weighted by atomic mass is 9.97. The van der Waals surface area contributed by atoms with Crippen LogP contribution in [-0.4, -0.2) is 42.6 Å². The number of methoxy groups -OCH3 is 1. The monoisotopic (exact) mass is 353 g/mol. The van der Waals surface area contributed by atoms with Crippen molar-refractivity contribution in [3.8, 4) is 5.75 Å². The Kier molecular flexibility index (Phi) is 6.67. The third-order valence-corrected chi connectivity index (χ3v) is 4.24. The van der Waals surface area contributed by atoms with Crippen molar-refractivity contribution in [1.29, 1.82) is 0 Å². The van der Waals surface area contributed by atoms with E-state index >= 15 is 0 Å². The Morgan fingerprint density at radius 2 is 1.42 bits per heavy atom. The van der Waals surface area contributed by atoms with Gasteiger partial charge in [0.25, 0.3) is 5.91 Å². The second-order valence-electron chi connectivity index (χ2n) is 5.77. The first-order chi connectivity index (χ1) is 12.5. The number of amides is 1. The Bertz CT molecular complexity index is 792. The van der Waals surface area contributed by atoms with Crippen LogP contribution in [-0.2, 0) is 0 Å². The molecule has 0 aromatic heterocycles. The Labute approximate surface area is 153 Å². The fourth-order valence-corrected chi connectivity index (χ4v) is 2.71. The largest absolute Gasteiger partial charge is 0.497 e. The van der Waals surface area contributed by atoms with Crippen LogP contribution in [0, 0.1) is 0 Å². The van der Waals surface area contributed by atoms with Crippen molar-refractivity contribution >= 4 is 17.5 Å². The molecule has 0 atom stereocenters. The molecule has 1 amide bonds. The second-order valence-corrected chi connectivity index (χ2v) is 5.77. The van der Waals surface area contributed by atoms with Gasteiger partial charge in [0.05, 0.1) is 19.1 Å². The average molecular weight is 353 g/mol. The second kappa shape index (κ2) is 8.94. The van der Waals surface area contributed by atoms with Gasteiger partial charge in [-0.15, -0.1) is 0 Å². The molecule has 0 aliphatic rings. The van der Waals surface area contributed by atoms with Gasteiger partial charge in [-0.05, 0) is 44.2 Å². The summed E-state index contributed by atoms with van der Waals surface area (Å²) in [5.74, 6) is -0.205. The van der Waals surface area contributed by atoms with Crippen molar-refractivity contribution in [1.82, 2.24) is 4.90 Å². The smallest absolute Gasteiger partial charge is 0.254 e. The number of ketones is 2. The predicted molar refractivity (Wildman–Crippen MR) is 100.0 cm³/mol. The van der Waals surface area contributed by atoms with Crippen LogP contribution in [0.2, 0.25) is 0 Å². The highest BCUT2D eigenvalue weighted by molar-refractivity contribution is 6.17. The number of hydrogen-bond acceptors (Lipinski definition) is 4. The Hall–Kier alpha value is -2.95. The topological polar surface area (TPSA) is 63.7 Å². The van der Waals surface area contributed by atoms with Gasteiger partial charge in [0.2, 0.25) is 0 Å². The van der Waals surface area contributed by atoms with E-state index in [1.54, 1.807) is 60.5 Å². The number of benzene rings is 2. The lowest BCUT2D eigenvalue weighted by Crippen LogP contribution is -2.31. The summed E-state index contributed by atoms with van der Waals surface area (Å²) in [6, 6.07) is 13.3. The van der Waals surface area contributed by atoms with Crippen molar-refractivity contribution in [3.63, 3.8) is 0 Å². The zero-order chi connectivity index (χ0) is 19.1. The summed E-state index contributed by atoms with van der Waals surface area (Å²) in [4.78, 5) is 39.3. The summed E-state index contributed by atoms with van der Waals surface area (Å²) in [5.41, 5.74) is 1.06. The van der Waals surface area contributed by atoms with Gasteiger partial charge in [-0.2, -0.15) is 0 Å². The van der Waals surface area contributed by atoms with Gasteiger partial charge in [-0.1, -0.05) is 18.2 Å². The molecule has 136 valence electrons. The number of hydrogen-bond donors (Lipinski definition) is 0. The van der Waals surface area contributed by atoms with Gasteiger partial charge in [-0.25, -0.2) is 0 Å². The Balaban J connectivity index is 2.21. The quantitative estimate of drug-likeness (QED) is 0.537. The third-order valence-electron chi connectivity index (χ3n) is 4.24. The molecule has 0 saturated carbocycles. The lowest BCUT2D eigenvalue weighted by Gasteiger charge is -2.20. The van der Waals surface area contributed by atoms with Crippen LogP contribution in [0.1, 0.15) is 51.3 Å². The molecule has 0 saturated heterocycles. The molecule has 0 aliphatic heterocycles. The number of nitrogens with zero attached hydrogens (tertiary/aromatic N) is 1. The minimum absolute atomic E-state index is 0.198. The van der Waals surface area contributed by atoms with Crippen LogP contribution in [0.25, 0.3) is 0 Å². The van der Waals surface area contributed by atoms with Crippen LogP contribution in [0.3, 0.4) is 0 Å². The highest BCUT2D eigenvalue weighted by Crippen LogP contribution is 2.17. The van der Waals surface area contributed by atoms with Gasteiger partial charge >= 0.3 is 0 Å². The van der Waals surface area contributed by atoms with Crippen molar-refractivity contribution in [2.24, 2.45) is 0 Å². The van der Waals surface area contributed by atoms with Gasteiger partial charge in [0.15, 0.2) is 11.6 Å². The molecule has 2 aromatic carbocycles. The van der Waals surface area contributed by atoms with Gasteiger partial charge < -0.3 is 9.64 Å². The van der Waals surface area contributed by atoms with E-state index in [4.69, 9.17) is 4.74 Å². The van der Waals surface area contributed by atoms with Crippen molar-refractivity contribution in [2.75, 3.05) is 20.2 Å². The maximum atomic E-state index is 12.7. The number of rotatable bonds is 8. The zero-order valence-corrected chi connectivity index (χ0v) is 15.3. The molecule has 5 nitrogen and oxygen atoms in total. The normalized spacial score (nSPS) is 10.3. The molecule has 0 heterocycles. The zero-order valence-electron chi connectivity index (χ0n) is 15.3. The number of carbonyl (C=O) groups is 3. The molecule has 0 bridgehead atoms. The summed E-state index contributed by atoms with van der Waals surface area (Å²) in [6.45, 7) is 4.89. The van der Waals surface area contributed by atoms with E-state index in [-0.39, 0.29) is 29.5 Å². The summed E-state index contributed by atoms with van der Waals surface area (Å²) in [6.07, 6.45) is -0.283. The molecule has 0 N–H and O–H groups in total. The van der Waals surface area contributed by atoms with Crippen molar-refractivity contribution in [3.05, 3.63) is 65.2 Å². The fraction of sp³-hybridized carbons (Fsp3) is 0.286. The number of carbonyl (C=O) groups excluding carboxylic acids is 3. The predicted octanol–water partition coefficient (Wildman–Crippen LogP) is 3.63. The third kappa shape index (κ3) is 4.36. The van der Waals surface area contributed by atoms with Gasteiger partial charge in [0.1, 0.15) is 5.75 Å². The molecule has 0 fully saturated rings. The molecule has 0 radical (unpaired) electrons. The van der Waals surface area contributed by atoms with Crippen molar-refractivity contribution < 1.29 is 19.1 Å². The molecule has 0 spiro atoms. The van der Waals surface area contributed by atoms with E-state index in [9.17, 15) is 14.4 Å². The van der Waals surface area contributed by atoms with Crippen LogP contribution in [0.4, 0.5) is 0 Å². The maximum Gasteiger partial charge on any atom is 0.254 e. The highest BCUT2D eigenvalue weighted by Gasteiger charge is 2.22. The minimum Gasteiger partial charge on any atom is -0.497 e. The molecule has 2 aromatic rings. The van der Waals surface area contributed by atoms with E-state index < -0.39 is 0 Å². The molecule has 0 unspecified atom stereocenters. The van der Waals surface area contributed by atoms with E-state index in [1.807, 2.05) is 13.8 Å². The first kappa shape index (κ1) is 19.4. The molecular weight excluding hydrogens is 330 g/mol. The Morgan fingerprint density at radius 1 is 0.846 bits per heavy atom. The van der Waals surface area contributed by atoms with Crippen LogP contribution in [0.15, 0.2) is 48.5 Å². The molecule has 2 rings (SSSR count). The first-order valence-corrected chi connectivity index (χ1v) is 8.60. The minimum atomic E-state index is -0.359. The van der Waals surface area contributed by atoms with E-state index in [1.165, 1.54) is 0 Å². The first-order valence-electron chi connectivity index (χ1n) is 8.60. The molecule has 26 heavy (non-hydrogen) atoms. The highest BCUT2D eigenvalue weighted by atomic mass is 16.5. The maximum absolute atomic E-state index is 12.7. The summed E-state index contributed by atoms with van der Waals surface area (Å²) in [5, 5.41) is 0. The summed E-state index contributed by atoms with van der Waals surface area (Å²) < 4.78 is 5.06. The van der Waals surface area contributed by atoms with E-state index in [2.05, 4.69) is 0 Å². The van der Waals surface area contributed by atoms with Gasteiger partial charge in [-0.3, -0.25) is 14.4 Å². The van der Waals surface area contributed by atoms with Crippen LogP contribution in [0.5, 0.6) is 5.75 Å². The average Bonchev–Trinajstić information content (AvgIpc) is 2.68. The van der Waals surface area contributed by atoms with E-state index in [0.29, 0.717) is 30.0 Å². The summed E-state index contributed by atoms with van der Waals surface area (Å²) >= 11 is 0. The summed E-state index contributed by atoms with van der Waals surface area (Å²) in [7, 11) is 1.55. The Morgan fingerprint density at radius 3 is 1.96 bits per heavy atom. The number of ether oxygens (including phenoxy) is 1. The fourth-order valence-electron chi connectivity index (χ4n) is 2.71. The van der Waals surface area contributed by atoms with Gasteiger partial charge in [0, 0.05) is 24.2 Å². The molecule has 0 aliphatic carbocycles. The van der Waals surface area contributed by atoms with Crippen molar-refractivity contribution in [2.45, 2.75) is 20.3 Å². The molecule has 5 heteroatoms. The lowest BCUT2D eigenvalue weighted by molar-refractivity contribution is 0.0764.